The van der Waals surface area contributed by atoms with Gasteiger partial charge in [0.05, 0.1) is 5.69 Å². The number of aromatic hydroxyl groups is 1. The lowest BCUT2D eigenvalue weighted by Crippen LogP contribution is -2.32. The first kappa shape index (κ1) is 21.9. The number of hydrogen-bond acceptors (Lipinski definition) is 10. The Labute approximate surface area is 177 Å². The van der Waals surface area contributed by atoms with Crippen molar-refractivity contribution >= 4 is 38.7 Å². The first-order valence-corrected chi connectivity index (χ1v) is 11.5. The van der Waals surface area contributed by atoms with Crippen LogP contribution in [0.25, 0.3) is 0 Å². The van der Waals surface area contributed by atoms with E-state index in [0.717, 1.165) is 17.1 Å². The maximum Gasteiger partial charge on any atom is 0.366 e. The van der Waals surface area contributed by atoms with Gasteiger partial charge >= 0.3 is 11.6 Å². The fraction of sp³-hybridized carbons (Fsp3) is 0.412. The standard InChI is InChI=1S/C17H23N5O6S2/c1-5-21(6-2)30(25,26)17-14(23)12(9-29-17)19-15-16(22(24)28-20-15)18-11(4)13-8-7-10(3)27-13/h7-9,11,24H,5-6H2,1-4H3,(H2,19,20,23)/p+1/t11-/m1/s1. The van der Waals surface area contributed by atoms with E-state index < -0.39 is 15.8 Å². The third-order valence-electron chi connectivity index (χ3n) is 4.43. The van der Waals surface area contributed by atoms with Crippen molar-refractivity contribution in [3.8, 4) is 5.75 Å². The number of thiophene rings is 1. The van der Waals surface area contributed by atoms with E-state index in [1.807, 2.05) is 19.9 Å². The molecule has 3 aromatic heterocycles. The van der Waals surface area contributed by atoms with Gasteiger partial charge in [-0.1, -0.05) is 18.5 Å². The average molecular weight is 459 g/mol. The molecule has 30 heavy (non-hydrogen) atoms. The summed E-state index contributed by atoms with van der Waals surface area (Å²) in [4.78, 5) is 0.422. The maximum absolute atomic E-state index is 12.7. The van der Waals surface area contributed by atoms with Crippen LogP contribution in [0.15, 0.2) is 30.8 Å². The maximum atomic E-state index is 12.7. The van der Waals surface area contributed by atoms with E-state index in [4.69, 9.17) is 9.05 Å². The van der Waals surface area contributed by atoms with Crippen LogP contribution in [-0.4, -0.2) is 41.3 Å². The highest BCUT2D eigenvalue weighted by molar-refractivity contribution is 7.91. The minimum absolute atomic E-state index is 0.0486. The van der Waals surface area contributed by atoms with Crippen molar-refractivity contribution in [2.75, 3.05) is 23.7 Å². The van der Waals surface area contributed by atoms with Crippen LogP contribution in [0.1, 0.15) is 38.3 Å². The van der Waals surface area contributed by atoms with Crippen LogP contribution in [0.4, 0.5) is 17.3 Å². The third-order valence-corrected chi connectivity index (χ3v) is 7.97. The molecule has 0 bridgehead atoms. The molecule has 3 heterocycles. The SMILES string of the molecule is CCN(CC)S(=O)(=O)c1scc(Nc2no[n+](O)c2N[C@H](C)c2ccc(C)o2)c1O. The number of anilines is 3. The summed E-state index contributed by atoms with van der Waals surface area (Å²) in [6.07, 6.45) is 0. The summed E-state index contributed by atoms with van der Waals surface area (Å²) in [5, 5.41) is 31.4. The smallest absolute Gasteiger partial charge is 0.366 e. The van der Waals surface area contributed by atoms with Crippen molar-refractivity contribution in [2.24, 2.45) is 0 Å². The zero-order chi connectivity index (χ0) is 22.1. The molecule has 11 nitrogen and oxygen atoms in total. The fourth-order valence-electron chi connectivity index (χ4n) is 2.84. The van der Waals surface area contributed by atoms with Gasteiger partial charge in [0.15, 0.2) is 9.96 Å². The molecule has 4 N–H and O–H groups in total. The molecule has 0 aliphatic heterocycles. The Morgan fingerprint density at radius 1 is 1.33 bits per heavy atom. The van der Waals surface area contributed by atoms with Gasteiger partial charge in [0.2, 0.25) is 0 Å². The van der Waals surface area contributed by atoms with Gasteiger partial charge in [-0.25, -0.2) is 8.42 Å². The number of nitrogens with one attached hydrogen (secondary N) is 2. The van der Waals surface area contributed by atoms with Crippen LogP contribution >= 0.6 is 11.3 Å². The second kappa shape index (κ2) is 8.53. The summed E-state index contributed by atoms with van der Waals surface area (Å²) in [5.41, 5.74) is 0.115. The normalized spacial score (nSPS) is 13.0. The Hall–Kier alpha value is -2.77. The van der Waals surface area contributed by atoms with Crippen LogP contribution in [-0.2, 0) is 10.0 Å². The van der Waals surface area contributed by atoms with Crippen molar-refractivity contribution < 1.29 is 32.7 Å². The topological polar surface area (TPSA) is 145 Å². The molecule has 0 aliphatic rings. The quantitative estimate of drug-likeness (QED) is 0.356. The highest BCUT2D eigenvalue weighted by Gasteiger charge is 2.32. The summed E-state index contributed by atoms with van der Waals surface area (Å²) >= 11 is 0.882. The molecule has 1 atom stereocenters. The van der Waals surface area contributed by atoms with Crippen LogP contribution in [0.3, 0.4) is 0 Å². The van der Waals surface area contributed by atoms with Crippen molar-refractivity contribution in [1.29, 1.82) is 0 Å². The van der Waals surface area contributed by atoms with Gasteiger partial charge in [-0.05, 0) is 26.0 Å². The molecule has 0 spiro atoms. The van der Waals surface area contributed by atoms with Gasteiger partial charge in [-0.15, -0.1) is 11.3 Å². The zero-order valence-corrected chi connectivity index (χ0v) is 18.5. The van der Waals surface area contributed by atoms with E-state index >= 15 is 0 Å². The summed E-state index contributed by atoms with van der Waals surface area (Å²) in [7, 11) is -3.83. The average Bonchev–Trinajstić information content (AvgIpc) is 3.38. The largest absolute Gasteiger partial charge is 0.504 e. The Morgan fingerprint density at radius 3 is 2.63 bits per heavy atom. The zero-order valence-electron chi connectivity index (χ0n) is 16.9. The molecular weight excluding hydrogens is 434 g/mol. The number of rotatable bonds is 9. The van der Waals surface area contributed by atoms with Gasteiger partial charge in [0.25, 0.3) is 10.0 Å². The van der Waals surface area contributed by atoms with Gasteiger partial charge < -0.3 is 20.0 Å². The number of hydrogen-bond donors (Lipinski definition) is 4. The van der Waals surface area contributed by atoms with Crippen molar-refractivity contribution in [3.63, 3.8) is 0 Å². The Balaban J connectivity index is 1.86. The molecule has 0 aromatic carbocycles. The number of furan rings is 1. The molecule has 0 fully saturated rings. The summed E-state index contributed by atoms with van der Waals surface area (Å²) in [6, 6.07) is 3.27. The first-order valence-electron chi connectivity index (χ1n) is 9.20. The lowest BCUT2D eigenvalue weighted by atomic mass is 10.2. The Kier molecular flexibility index (Phi) is 6.24. The summed E-state index contributed by atoms with van der Waals surface area (Å²) in [5.74, 6) is 1.05. The van der Waals surface area contributed by atoms with Crippen molar-refractivity contribution in [3.05, 3.63) is 29.0 Å². The second-order valence-electron chi connectivity index (χ2n) is 6.46. The number of aryl methyl sites for hydroxylation is 1. The second-order valence-corrected chi connectivity index (χ2v) is 9.47. The number of aromatic nitrogens is 2. The fourth-order valence-corrected chi connectivity index (χ4v) is 5.67. The van der Waals surface area contributed by atoms with E-state index in [9.17, 15) is 18.7 Å². The van der Waals surface area contributed by atoms with Crippen molar-refractivity contribution in [1.82, 2.24) is 9.46 Å². The molecule has 13 heteroatoms. The monoisotopic (exact) mass is 458 g/mol. The summed E-state index contributed by atoms with van der Waals surface area (Å²) in [6.45, 7) is 7.64. The highest BCUT2D eigenvalue weighted by Crippen LogP contribution is 2.41. The van der Waals surface area contributed by atoms with Crippen LogP contribution in [0.5, 0.6) is 5.75 Å². The van der Waals surface area contributed by atoms with Crippen LogP contribution in [0.2, 0.25) is 0 Å². The first-order chi connectivity index (χ1) is 14.2. The van der Waals surface area contributed by atoms with Crippen LogP contribution < -0.4 is 15.5 Å². The lowest BCUT2D eigenvalue weighted by Gasteiger charge is -2.17. The van der Waals surface area contributed by atoms with Crippen LogP contribution in [0, 0.1) is 6.92 Å². The minimum atomic E-state index is -3.83. The summed E-state index contributed by atoms with van der Waals surface area (Å²) < 4.78 is 36.8. The van der Waals surface area contributed by atoms with E-state index in [1.54, 1.807) is 19.9 Å². The molecule has 3 aromatic rings. The van der Waals surface area contributed by atoms with E-state index in [2.05, 4.69) is 15.8 Å². The predicted octanol–water partition coefficient (Wildman–Crippen LogP) is 2.82. The Morgan fingerprint density at radius 2 is 2.03 bits per heavy atom. The van der Waals surface area contributed by atoms with E-state index in [0.29, 0.717) is 10.7 Å². The molecule has 3 rings (SSSR count). The molecule has 0 unspecified atom stereocenters. The molecule has 0 amide bonds. The van der Waals surface area contributed by atoms with Gasteiger partial charge in [0, 0.05) is 18.5 Å². The van der Waals surface area contributed by atoms with Crippen molar-refractivity contribution in [2.45, 2.75) is 37.9 Å². The minimum Gasteiger partial charge on any atom is -0.504 e. The van der Waals surface area contributed by atoms with E-state index in [1.165, 1.54) is 9.69 Å². The molecule has 0 radical (unpaired) electrons. The predicted molar refractivity (Wildman–Crippen MR) is 109 cm³/mol. The molecule has 0 saturated heterocycles. The third kappa shape index (κ3) is 4.08. The highest BCUT2D eigenvalue weighted by atomic mass is 32.2. The number of sulfonamides is 1. The molecule has 0 aliphatic carbocycles. The van der Waals surface area contributed by atoms with Gasteiger partial charge in [-0.2, -0.15) is 4.31 Å². The lowest BCUT2D eigenvalue weighted by molar-refractivity contribution is -1.03. The molecule has 164 valence electrons. The number of nitrogens with zero attached hydrogens (tertiary/aromatic N) is 3. The molecule has 0 saturated carbocycles. The Bertz CT molecular complexity index is 1120. The van der Waals surface area contributed by atoms with E-state index in [-0.39, 0.29) is 40.7 Å². The van der Waals surface area contributed by atoms with Gasteiger partial charge in [0.1, 0.15) is 27.6 Å². The molecular formula is C17H24N5O6S2+. The van der Waals surface area contributed by atoms with Gasteiger partial charge in [-0.3, -0.25) is 5.32 Å².